The quantitative estimate of drug-likeness (QED) is 0.344. The molecule has 1 N–H and O–H groups in total. The molecule has 0 aliphatic carbocycles. The number of carbonyl (C=O) groups is 2. The van der Waals surface area contributed by atoms with E-state index in [-0.39, 0.29) is 18.0 Å². The molecule has 0 aliphatic rings. The molecule has 0 saturated carbocycles. The minimum atomic E-state index is -0.406. The van der Waals surface area contributed by atoms with Crippen molar-refractivity contribution >= 4 is 44.3 Å². The van der Waals surface area contributed by atoms with Gasteiger partial charge in [-0.1, -0.05) is 41.9 Å². The summed E-state index contributed by atoms with van der Waals surface area (Å²) in [5, 5.41) is 3.18. The number of nitrogens with zero attached hydrogens (tertiary/aromatic N) is 2. The van der Waals surface area contributed by atoms with Crippen LogP contribution in [-0.4, -0.2) is 21.2 Å². The Morgan fingerprint density at radius 1 is 1.00 bits per heavy atom. The standard InChI is InChI=1S/C27H24BrN3O3/c1-16(2)18-7-11-21(12-8-18)30-24(32)15-31-14-23(25(33)19-5-9-20(28)10-6-19)26(34)22-13-4-17(3)29-27(22)31/h4-14,16H,15H2,1-3H3,(H,30,32). The van der Waals surface area contributed by atoms with Crippen LogP contribution in [0.15, 0.2) is 76.1 Å². The van der Waals surface area contributed by atoms with Crippen molar-refractivity contribution in [2.75, 3.05) is 5.32 Å². The number of amides is 1. The molecule has 4 aromatic rings. The van der Waals surface area contributed by atoms with Crippen molar-refractivity contribution in [1.82, 2.24) is 9.55 Å². The highest BCUT2D eigenvalue weighted by atomic mass is 79.9. The van der Waals surface area contributed by atoms with Gasteiger partial charge >= 0.3 is 0 Å². The number of ketones is 1. The van der Waals surface area contributed by atoms with E-state index in [9.17, 15) is 14.4 Å². The molecular weight excluding hydrogens is 494 g/mol. The molecule has 1 amide bonds. The van der Waals surface area contributed by atoms with Crippen LogP contribution in [0.4, 0.5) is 5.69 Å². The molecule has 2 aromatic carbocycles. The van der Waals surface area contributed by atoms with Crippen LogP contribution >= 0.6 is 15.9 Å². The fraction of sp³-hybridized carbons (Fsp3) is 0.185. The number of benzene rings is 2. The summed E-state index contributed by atoms with van der Waals surface area (Å²) in [6.45, 7) is 5.93. The molecular formula is C27H24BrN3O3. The summed E-state index contributed by atoms with van der Waals surface area (Å²) < 4.78 is 2.39. The number of carbonyl (C=O) groups excluding carboxylic acids is 2. The molecule has 2 heterocycles. The number of anilines is 1. The smallest absolute Gasteiger partial charge is 0.244 e. The predicted octanol–water partition coefficient (Wildman–Crippen LogP) is 5.46. The van der Waals surface area contributed by atoms with E-state index in [1.54, 1.807) is 41.0 Å². The summed E-state index contributed by atoms with van der Waals surface area (Å²) in [4.78, 5) is 43.7. The van der Waals surface area contributed by atoms with Gasteiger partial charge in [0.25, 0.3) is 0 Å². The molecule has 2 aromatic heterocycles. The molecule has 0 spiro atoms. The first kappa shape index (κ1) is 23.6. The Morgan fingerprint density at radius 3 is 2.32 bits per heavy atom. The van der Waals surface area contributed by atoms with Crippen molar-refractivity contribution in [3.63, 3.8) is 0 Å². The van der Waals surface area contributed by atoms with Gasteiger partial charge in [-0.3, -0.25) is 14.4 Å². The van der Waals surface area contributed by atoms with Crippen LogP contribution in [0.5, 0.6) is 0 Å². The second kappa shape index (κ2) is 9.73. The Labute approximate surface area is 205 Å². The lowest BCUT2D eigenvalue weighted by atomic mass is 10.0. The third-order valence-corrected chi connectivity index (χ3v) is 6.12. The first-order valence-corrected chi connectivity index (χ1v) is 11.7. The summed E-state index contributed by atoms with van der Waals surface area (Å²) in [5.74, 6) is -0.292. The number of aromatic nitrogens is 2. The summed E-state index contributed by atoms with van der Waals surface area (Å²) in [6.07, 6.45) is 1.43. The number of nitrogens with one attached hydrogen (secondary N) is 1. The van der Waals surface area contributed by atoms with Gasteiger partial charge in [0, 0.05) is 27.6 Å². The third kappa shape index (κ3) is 4.99. The van der Waals surface area contributed by atoms with Gasteiger partial charge in [0.05, 0.1) is 10.9 Å². The second-order valence-corrected chi connectivity index (χ2v) is 9.40. The van der Waals surface area contributed by atoms with Gasteiger partial charge in [-0.15, -0.1) is 0 Å². The maximum atomic E-state index is 13.2. The summed E-state index contributed by atoms with van der Waals surface area (Å²) in [5.41, 5.74) is 2.90. The van der Waals surface area contributed by atoms with Gasteiger partial charge < -0.3 is 9.88 Å². The molecule has 34 heavy (non-hydrogen) atoms. The zero-order chi connectivity index (χ0) is 24.4. The number of hydrogen-bond acceptors (Lipinski definition) is 4. The van der Waals surface area contributed by atoms with E-state index >= 15 is 0 Å². The van der Waals surface area contributed by atoms with Crippen molar-refractivity contribution in [2.45, 2.75) is 33.2 Å². The van der Waals surface area contributed by atoms with Crippen molar-refractivity contribution in [1.29, 1.82) is 0 Å². The lowest BCUT2D eigenvalue weighted by Crippen LogP contribution is -2.25. The molecule has 7 heteroatoms. The number of pyridine rings is 2. The highest BCUT2D eigenvalue weighted by Gasteiger charge is 2.19. The zero-order valence-corrected chi connectivity index (χ0v) is 20.7. The average molecular weight is 518 g/mol. The average Bonchev–Trinajstić information content (AvgIpc) is 2.81. The number of halogens is 1. The first-order valence-electron chi connectivity index (χ1n) is 10.9. The number of fused-ring (bicyclic) bond motifs is 1. The lowest BCUT2D eigenvalue weighted by molar-refractivity contribution is -0.116. The molecule has 0 unspecified atom stereocenters. The number of aryl methyl sites for hydroxylation is 1. The largest absolute Gasteiger partial charge is 0.325 e. The molecule has 4 rings (SSSR count). The van der Waals surface area contributed by atoms with Crippen molar-refractivity contribution < 1.29 is 9.59 Å². The SMILES string of the molecule is Cc1ccc2c(=O)c(C(=O)c3ccc(Br)cc3)cn(CC(=O)Nc3ccc(C(C)C)cc3)c2n1. The molecule has 0 radical (unpaired) electrons. The predicted molar refractivity (Wildman–Crippen MR) is 137 cm³/mol. The summed E-state index contributed by atoms with van der Waals surface area (Å²) >= 11 is 3.35. The topological polar surface area (TPSA) is 81.1 Å². The van der Waals surface area contributed by atoms with Gasteiger partial charge in [-0.2, -0.15) is 0 Å². The Hall–Kier alpha value is -3.58. The second-order valence-electron chi connectivity index (χ2n) is 8.48. The van der Waals surface area contributed by atoms with Gasteiger partial charge in [0.2, 0.25) is 11.3 Å². The Bertz CT molecular complexity index is 1440. The molecule has 0 fully saturated rings. The van der Waals surface area contributed by atoms with Crippen LogP contribution in [0.2, 0.25) is 0 Å². The highest BCUT2D eigenvalue weighted by molar-refractivity contribution is 9.10. The van der Waals surface area contributed by atoms with Crippen molar-refractivity contribution in [2.24, 2.45) is 0 Å². The maximum Gasteiger partial charge on any atom is 0.244 e. The van der Waals surface area contributed by atoms with Crippen LogP contribution in [0.3, 0.4) is 0 Å². The van der Waals surface area contributed by atoms with Gasteiger partial charge in [-0.25, -0.2) is 4.98 Å². The summed E-state index contributed by atoms with van der Waals surface area (Å²) in [7, 11) is 0. The van der Waals surface area contributed by atoms with Crippen molar-refractivity contribution in [3.8, 4) is 0 Å². The van der Waals surface area contributed by atoms with Crippen LogP contribution in [0.25, 0.3) is 11.0 Å². The van der Waals surface area contributed by atoms with Crippen LogP contribution in [0.1, 0.15) is 46.9 Å². The maximum absolute atomic E-state index is 13.2. The Morgan fingerprint density at radius 2 is 1.68 bits per heavy atom. The minimum Gasteiger partial charge on any atom is -0.325 e. The van der Waals surface area contributed by atoms with Crippen LogP contribution < -0.4 is 10.7 Å². The van der Waals surface area contributed by atoms with Gasteiger partial charge in [0.15, 0.2) is 5.78 Å². The van der Waals surface area contributed by atoms with E-state index < -0.39 is 11.2 Å². The Kier molecular flexibility index (Phi) is 6.75. The monoisotopic (exact) mass is 517 g/mol. The molecule has 0 atom stereocenters. The van der Waals surface area contributed by atoms with Crippen LogP contribution in [-0.2, 0) is 11.3 Å². The van der Waals surface area contributed by atoms with E-state index in [0.717, 1.165) is 4.47 Å². The molecule has 0 aliphatic heterocycles. The van der Waals surface area contributed by atoms with E-state index in [0.29, 0.717) is 33.9 Å². The van der Waals surface area contributed by atoms with Gasteiger partial charge in [-0.05, 0) is 66.9 Å². The fourth-order valence-corrected chi connectivity index (χ4v) is 3.97. The fourth-order valence-electron chi connectivity index (χ4n) is 3.71. The van der Waals surface area contributed by atoms with E-state index in [1.165, 1.54) is 11.8 Å². The lowest BCUT2D eigenvalue weighted by Gasteiger charge is -2.14. The third-order valence-electron chi connectivity index (χ3n) is 5.59. The zero-order valence-electron chi connectivity index (χ0n) is 19.1. The van der Waals surface area contributed by atoms with E-state index in [2.05, 4.69) is 40.1 Å². The van der Waals surface area contributed by atoms with Crippen molar-refractivity contribution in [3.05, 3.63) is 104 Å². The molecule has 0 bridgehead atoms. The van der Waals surface area contributed by atoms with Crippen LogP contribution in [0, 0.1) is 6.92 Å². The summed E-state index contributed by atoms with van der Waals surface area (Å²) in [6, 6.07) is 17.9. The molecule has 6 nitrogen and oxygen atoms in total. The minimum absolute atomic E-state index is 0.00504. The number of rotatable bonds is 6. The highest BCUT2D eigenvalue weighted by Crippen LogP contribution is 2.19. The molecule has 0 saturated heterocycles. The van der Waals surface area contributed by atoms with Gasteiger partial charge in [0.1, 0.15) is 12.2 Å². The van der Waals surface area contributed by atoms with E-state index in [1.807, 2.05) is 31.2 Å². The van der Waals surface area contributed by atoms with E-state index in [4.69, 9.17) is 0 Å². The normalized spacial score (nSPS) is 11.1. The first-order chi connectivity index (χ1) is 16.2. The Balaban J connectivity index is 1.70. The molecule has 172 valence electrons. The number of hydrogen-bond donors (Lipinski definition) is 1.